The molecule has 2 rings (SSSR count). The maximum atomic E-state index is 5.80. The molecule has 0 unspecified atom stereocenters. The fourth-order valence-corrected chi connectivity index (χ4v) is 3.23. The Morgan fingerprint density at radius 1 is 1.08 bits per heavy atom. The standard InChI is InChI=1S/C21H29N3S/c1-15(2)11-14-24(18(5)19-9-12-22-13-10-19)21(25)23-20-16(3)7-6-8-17(20)4/h6-10,12-13,15,18H,11,14H2,1-5H3,(H,23,25)/t18-/m0/s1. The maximum Gasteiger partial charge on any atom is 0.173 e. The van der Waals surface area contributed by atoms with E-state index in [0.717, 1.165) is 23.8 Å². The van der Waals surface area contributed by atoms with Crippen LogP contribution in [0.1, 0.15) is 49.9 Å². The van der Waals surface area contributed by atoms with Gasteiger partial charge in [-0.15, -0.1) is 0 Å². The van der Waals surface area contributed by atoms with Crippen molar-refractivity contribution in [3.8, 4) is 0 Å². The second kappa shape index (κ2) is 8.95. The molecule has 3 nitrogen and oxygen atoms in total. The van der Waals surface area contributed by atoms with E-state index in [4.69, 9.17) is 12.2 Å². The number of hydrogen-bond donors (Lipinski definition) is 1. The molecule has 0 amide bonds. The monoisotopic (exact) mass is 355 g/mol. The predicted molar refractivity (Wildman–Crippen MR) is 111 cm³/mol. The summed E-state index contributed by atoms with van der Waals surface area (Å²) in [6.07, 6.45) is 4.78. The van der Waals surface area contributed by atoms with Crippen LogP contribution in [0.15, 0.2) is 42.7 Å². The number of para-hydroxylation sites is 1. The van der Waals surface area contributed by atoms with Crippen LogP contribution in [0.4, 0.5) is 5.69 Å². The average Bonchev–Trinajstić information content (AvgIpc) is 2.59. The minimum absolute atomic E-state index is 0.200. The van der Waals surface area contributed by atoms with Gasteiger partial charge in [0.15, 0.2) is 5.11 Å². The Kier molecular flexibility index (Phi) is 6.94. The minimum Gasteiger partial charge on any atom is -0.342 e. The third-order valence-corrected chi connectivity index (χ3v) is 4.91. The number of anilines is 1. The third-order valence-electron chi connectivity index (χ3n) is 4.58. The topological polar surface area (TPSA) is 28.2 Å². The Labute approximate surface area is 157 Å². The van der Waals surface area contributed by atoms with Crippen molar-refractivity contribution in [1.82, 2.24) is 9.88 Å². The SMILES string of the molecule is Cc1cccc(C)c1NC(=S)N(CCC(C)C)[C@@H](C)c1ccncc1. The number of aromatic nitrogens is 1. The molecule has 2 aromatic rings. The number of hydrogen-bond acceptors (Lipinski definition) is 2. The van der Waals surface area contributed by atoms with Gasteiger partial charge in [-0.25, -0.2) is 0 Å². The smallest absolute Gasteiger partial charge is 0.173 e. The van der Waals surface area contributed by atoms with E-state index in [0.29, 0.717) is 5.92 Å². The Hall–Kier alpha value is -1.94. The second-order valence-electron chi connectivity index (χ2n) is 7.03. The molecule has 0 aliphatic carbocycles. The molecular formula is C21H29N3S. The largest absolute Gasteiger partial charge is 0.342 e. The van der Waals surface area contributed by atoms with Crippen LogP contribution in [0, 0.1) is 19.8 Å². The van der Waals surface area contributed by atoms with E-state index in [2.05, 4.69) is 80.2 Å². The van der Waals surface area contributed by atoms with Gasteiger partial charge in [0.1, 0.15) is 0 Å². The molecule has 0 radical (unpaired) electrons. The molecule has 1 N–H and O–H groups in total. The predicted octanol–water partition coefficient (Wildman–Crippen LogP) is 5.50. The summed E-state index contributed by atoms with van der Waals surface area (Å²) in [4.78, 5) is 6.42. The highest BCUT2D eigenvalue weighted by atomic mass is 32.1. The summed E-state index contributed by atoms with van der Waals surface area (Å²) < 4.78 is 0. The summed E-state index contributed by atoms with van der Waals surface area (Å²) in [6, 6.07) is 10.6. The van der Waals surface area contributed by atoms with E-state index < -0.39 is 0 Å². The molecule has 1 aromatic carbocycles. The number of nitrogens with one attached hydrogen (secondary N) is 1. The van der Waals surface area contributed by atoms with Gasteiger partial charge in [-0.05, 0) is 74.2 Å². The van der Waals surface area contributed by atoms with Crippen molar-refractivity contribution in [2.45, 2.75) is 47.1 Å². The first-order valence-electron chi connectivity index (χ1n) is 8.94. The lowest BCUT2D eigenvalue weighted by Gasteiger charge is -2.33. The van der Waals surface area contributed by atoms with Gasteiger partial charge >= 0.3 is 0 Å². The van der Waals surface area contributed by atoms with E-state index in [-0.39, 0.29) is 6.04 Å². The van der Waals surface area contributed by atoms with E-state index in [1.54, 1.807) is 0 Å². The highest BCUT2D eigenvalue weighted by Crippen LogP contribution is 2.25. The zero-order valence-corrected chi connectivity index (χ0v) is 16.7. The van der Waals surface area contributed by atoms with Crippen LogP contribution >= 0.6 is 12.2 Å². The summed E-state index contributed by atoms with van der Waals surface area (Å²) in [5.74, 6) is 0.634. The summed E-state index contributed by atoms with van der Waals surface area (Å²) in [5, 5.41) is 4.27. The van der Waals surface area contributed by atoms with Crippen molar-refractivity contribution in [3.05, 3.63) is 59.4 Å². The fourth-order valence-electron chi connectivity index (χ4n) is 2.88. The molecule has 0 saturated carbocycles. The zero-order valence-electron chi connectivity index (χ0n) is 15.9. The van der Waals surface area contributed by atoms with Crippen molar-refractivity contribution in [2.24, 2.45) is 5.92 Å². The highest BCUT2D eigenvalue weighted by Gasteiger charge is 2.20. The van der Waals surface area contributed by atoms with Crippen LogP contribution in [0.3, 0.4) is 0 Å². The maximum absolute atomic E-state index is 5.80. The Morgan fingerprint density at radius 3 is 2.24 bits per heavy atom. The Bertz CT molecular complexity index is 677. The number of benzene rings is 1. The van der Waals surface area contributed by atoms with Gasteiger partial charge in [0.25, 0.3) is 0 Å². The van der Waals surface area contributed by atoms with Crippen LogP contribution in [-0.2, 0) is 0 Å². The Balaban J connectivity index is 2.23. The van der Waals surface area contributed by atoms with Gasteiger partial charge in [-0.1, -0.05) is 32.0 Å². The molecule has 25 heavy (non-hydrogen) atoms. The molecule has 1 aromatic heterocycles. The normalized spacial score (nSPS) is 12.1. The summed E-state index contributed by atoms with van der Waals surface area (Å²) >= 11 is 5.80. The van der Waals surface area contributed by atoms with Crippen molar-refractivity contribution in [2.75, 3.05) is 11.9 Å². The molecule has 0 bridgehead atoms. The number of thiocarbonyl (C=S) groups is 1. The van der Waals surface area contributed by atoms with Crippen molar-refractivity contribution >= 4 is 23.0 Å². The van der Waals surface area contributed by atoms with Crippen LogP contribution in [-0.4, -0.2) is 21.5 Å². The van der Waals surface area contributed by atoms with Gasteiger partial charge in [0.2, 0.25) is 0 Å². The average molecular weight is 356 g/mol. The zero-order chi connectivity index (χ0) is 18.4. The van der Waals surface area contributed by atoms with Gasteiger partial charge < -0.3 is 10.2 Å². The lowest BCUT2D eigenvalue weighted by atomic mass is 10.1. The first-order valence-corrected chi connectivity index (χ1v) is 9.34. The van der Waals surface area contributed by atoms with E-state index in [1.165, 1.54) is 16.7 Å². The van der Waals surface area contributed by atoms with Crippen LogP contribution in [0.25, 0.3) is 0 Å². The molecular weight excluding hydrogens is 326 g/mol. The van der Waals surface area contributed by atoms with Crippen molar-refractivity contribution in [3.63, 3.8) is 0 Å². The number of aryl methyl sites for hydroxylation is 2. The second-order valence-corrected chi connectivity index (χ2v) is 7.42. The van der Waals surface area contributed by atoms with Crippen LogP contribution in [0.5, 0.6) is 0 Å². The molecule has 1 heterocycles. The fraction of sp³-hybridized carbons (Fsp3) is 0.429. The molecule has 0 saturated heterocycles. The minimum atomic E-state index is 0.200. The van der Waals surface area contributed by atoms with E-state index in [1.807, 2.05) is 12.4 Å². The van der Waals surface area contributed by atoms with E-state index >= 15 is 0 Å². The first kappa shape index (κ1) is 19.4. The molecule has 0 spiro atoms. The van der Waals surface area contributed by atoms with Gasteiger partial charge in [-0.3, -0.25) is 4.98 Å². The van der Waals surface area contributed by atoms with Gasteiger partial charge in [0.05, 0.1) is 6.04 Å². The molecule has 0 aliphatic rings. The van der Waals surface area contributed by atoms with Crippen LogP contribution < -0.4 is 5.32 Å². The lowest BCUT2D eigenvalue weighted by molar-refractivity contribution is 0.318. The van der Waals surface area contributed by atoms with Crippen molar-refractivity contribution in [1.29, 1.82) is 0 Å². The first-order chi connectivity index (χ1) is 11.9. The van der Waals surface area contributed by atoms with Gasteiger partial charge in [0, 0.05) is 24.6 Å². The van der Waals surface area contributed by atoms with E-state index in [9.17, 15) is 0 Å². The van der Waals surface area contributed by atoms with Crippen LogP contribution in [0.2, 0.25) is 0 Å². The number of rotatable bonds is 6. The quantitative estimate of drug-likeness (QED) is 0.692. The Morgan fingerprint density at radius 2 is 1.68 bits per heavy atom. The third kappa shape index (κ3) is 5.27. The molecule has 134 valence electrons. The number of nitrogens with zero attached hydrogens (tertiary/aromatic N) is 2. The lowest BCUT2D eigenvalue weighted by Crippen LogP contribution is -2.38. The molecule has 1 atom stereocenters. The summed E-state index contributed by atoms with van der Waals surface area (Å²) in [6.45, 7) is 11.9. The van der Waals surface area contributed by atoms with Gasteiger partial charge in [-0.2, -0.15) is 0 Å². The molecule has 0 fully saturated rings. The molecule has 0 aliphatic heterocycles. The van der Waals surface area contributed by atoms with Crippen molar-refractivity contribution < 1.29 is 0 Å². The number of pyridine rings is 1. The molecule has 4 heteroatoms. The highest BCUT2D eigenvalue weighted by molar-refractivity contribution is 7.80. The summed E-state index contributed by atoms with van der Waals surface area (Å²) in [7, 11) is 0. The summed E-state index contributed by atoms with van der Waals surface area (Å²) in [5.41, 5.74) is 4.76.